The van der Waals surface area contributed by atoms with E-state index in [2.05, 4.69) is 53.4 Å². The Morgan fingerprint density at radius 3 is 1.90 bits per heavy atom. The Labute approximate surface area is 186 Å². The monoisotopic (exact) mass is 442 g/mol. The number of rotatable bonds is 7. The molecule has 1 amide bonds. The number of aromatic amines is 2. The maximum Gasteiger partial charge on any atom is 0.407 e. The number of carbonyl (C=O) groups is 1. The van der Waals surface area contributed by atoms with Crippen molar-refractivity contribution in [2.45, 2.75) is 80.0 Å². The minimum absolute atomic E-state index is 0. The average molecular weight is 443 g/mol. The third-order valence-electron chi connectivity index (χ3n) is 3.64. The molecule has 8 nitrogen and oxygen atoms in total. The standard InChI is InChI=1S/C13H23N3O2.C8H15N3.ClH/c1-9(2)6-10-7-11(16-15-10)8-14-12(17)18-13(3,4)5;1-6(2)3-7-4-8(5-9)11-10-7;/h7,9H,6,8H2,1-5H3,(H,14,17)(H,15,16);4,6H,3,5,9H2,1-2H3,(H,10,11);1H. The van der Waals surface area contributed by atoms with Crippen LogP contribution < -0.4 is 11.1 Å². The first-order chi connectivity index (χ1) is 13.5. The summed E-state index contributed by atoms with van der Waals surface area (Å²) in [6.45, 7) is 15.1. The molecule has 9 heteroatoms. The van der Waals surface area contributed by atoms with Gasteiger partial charge in [0.2, 0.25) is 0 Å². The van der Waals surface area contributed by atoms with Gasteiger partial charge >= 0.3 is 6.09 Å². The van der Waals surface area contributed by atoms with E-state index >= 15 is 0 Å². The quantitative estimate of drug-likeness (QED) is 0.513. The number of H-pyrrole nitrogens is 2. The zero-order valence-electron chi connectivity index (χ0n) is 19.3. The molecule has 0 aliphatic heterocycles. The summed E-state index contributed by atoms with van der Waals surface area (Å²) in [6, 6.07) is 4.00. The predicted molar refractivity (Wildman–Crippen MR) is 122 cm³/mol. The second kappa shape index (κ2) is 13.3. The van der Waals surface area contributed by atoms with Gasteiger partial charge in [0.05, 0.1) is 23.6 Å². The van der Waals surface area contributed by atoms with Gasteiger partial charge in [0.15, 0.2) is 0 Å². The van der Waals surface area contributed by atoms with E-state index in [9.17, 15) is 4.79 Å². The van der Waals surface area contributed by atoms with Crippen LogP contribution in [0.15, 0.2) is 12.1 Å². The highest BCUT2D eigenvalue weighted by Crippen LogP contribution is 2.09. The maximum absolute atomic E-state index is 11.4. The van der Waals surface area contributed by atoms with Gasteiger partial charge in [-0.15, -0.1) is 12.4 Å². The molecule has 0 spiro atoms. The lowest BCUT2D eigenvalue weighted by Gasteiger charge is -2.19. The maximum atomic E-state index is 11.4. The number of amides is 1. The van der Waals surface area contributed by atoms with Crippen LogP contribution in [0.1, 0.15) is 71.2 Å². The Balaban J connectivity index is 0.000000603. The lowest BCUT2D eigenvalue weighted by molar-refractivity contribution is 0.0523. The first kappa shape index (κ1) is 27.9. The van der Waals surface area contributed by atoms with E-state index in [0.717, 1.165) is 35.6 Å². The molecule has 0 radical (unpaired) electrons. The fourth-order valence-electron chi connectivity index (χ4n) is 2.54. The average Bonchev–Trinajstić information content (AvgIpc) is 3.20. The van der Waals surface area contributed by atoms with Crippen LogP contribution in [0.3, 0.4) is 0 Å². The molecule has 0 atom stereocenters. The Bertz CT molecular complexity index is 734. The molecule has 172 valence electrons. The molecule has 0 aliphatic carbocycles. The summed E-state index contributed by atoms with van der Waals surface area (Å²) in [5, 5.41) is 16.8. The SMILES string of the molecule is CC(C)Cc1cc(CN)[nH]n1.CC(C)Cc1cc(CNC(=O)OC(C)(C)C)[nH]n1.Cl. The van der Waals surface area contributed by atoms with E-state index in [1.165, 1.54) is 0 Å². The van der Waals surface area contributed by atoms with Gasteiger partial charge in [0.1, 0.15) is 5.60 Å². The number of nitrogens with one attached hydrogen (secondary N) is 3. The molecule has 0 saturated carbocycles. The third kappa shape index (κ3) is 12.5. The number of alkyl carbamates (subject to hydrolysis) is 1. The summed E-state index contributed by atoms with van der Waals surface area (Å²) in [6.07, 6.45) is 1.54. The molecule has 5 N–H and O–H groups in total. The summed E-state index contributed by atoms with van der Waals surface area (Å²) >= 11 is 0. The first-order valence-electron chi connectivity index (χ1n) is 10.2. The smallest absolute Gasteiger partial charge is 0.407 e. The molecular weight excluding hydrogens is 404 g/mol. The van der Waals surface area contributed by atoms with Crippen molar-refractivity contribution in [2.75, 3.05) is 0 Å². The summed E-state index contributed by atoms with van der Waals surface area (Å²) in [5.41, 5.74) is 8.98. The Hall–Kier alpha value is -2.06. The fourth-order valence-corrected chi connectivity index (χ4v) is 2.54. The third-order valence-corrected chi connectivity index (χ3v) is 3.64. The molecule has 0 aromatic carbocycles. The molecule has 2 heterocycles. The van der Waals surface area contributed by atoms with Gasteiger partial charge in [0.25, 0.3) is 0 Å². The fraction of sp³-hybridized carbons (Fsp3) is 0.667. The number of nitrogens with two attached hydrogens (primary N) is 1. The van der Waals surface area contributed by atoms with E-state index in [1.54, 1.807) is 0 Å². The van der Waals surface area contributed by atoms with E-state index in [4.69, 9.17) is 10.5 Å². The van der Waals surface area contributed by atoms with Crippen molar-refractivity contribution in [3.63, 3.8) is 0 Å². The topological polar surface area (TPSA) is 122 Å². The van der Waals surface area contributed by atoms with Gasteiger partial charge in [-0.25, -0.2) is 4.79 Å². The van der Waals surface area contributed by atoms with Crippen LogP contribution in [0.5, 0.6) is 0 Å². The van der Waals surface area contributed by atoms with E-state index < -0.39 is 11.7 Å². The summed E-state index contributed by atoms with van der Waals surface area (Å²) < 4.78 is 5.15. The highest BCUT2D eigenvalue weighted by atomic mass is 35.5. The molecule has 2 rings (SSSR count). The normalized spacial score (nSPS) is 11.0. The molecule has 0 aliphatic rings. The Morgan fingerprint density at radius 1 is 1.03 bits per heavy atom. The predicted octanol–water partition coefficient (Wildman–Crippen LogP) is 4.12. The summed E-state index contributed by atoms with van der Waals surface area (Å²) in [7, 11) is 0. The van der Waals surface area contributed by atoms with Crippen LogP contribution in [0.4, 0.5) is 4.79 Å². The highest BCUT2D eigenvalue weighted by molar-refractivity contribution is 5.85. The molecule has 30 heavy (non-hydrogen) atoms. The number of ether oxygens (including phenoxy) is 1. The number of hydrogen-bond acceptors (Lipinski definition) is 5. The van der Waals surface area contributed by atoms with Crippen molar-refractivity contribution in [1.29, 1.82) is 0 Å². The lowest BCUT2D eigenvalue weighted by atomic mass is 10.1. The largest absolute Gasteiger partial charge is 0.444 e. The molecule has 0 saturated heterocycles. The first-order valence-corrected chi connectivity index (χ1v) is 10.2. The molecule has 2 aromatic heterocycles. The van der Waals surface area contributed by atoms with E-state index in [0.29, 0.717) is 24.9 Å². The van der Waals surface area contributed by atoms with E-state index in [1.807, 2.05) is 32.9 Å². The number of carbonyl (C=O) groups excluding carboxylic acids is 1. The highest BCUT2D eigenvalue weighted by Gasteiger charge is 2.16. The number of hydrogen-bond donors (Lipinski definition) is 4. The minimum Gasteiger partial charge on any atom is -0.444 e. The Kier molecular flexibility index (Phi) is 12.4. The van der Waals surface area contributed by atoms with Crippen LogP contribution in [0, 0.1) is 11.8 Å². The second-order valence-electron chi connectivity index (χ2n) is 9.02. The molecule has 2 aromatic rings. The van der Waals surface area contributed by atoms with Crippen molar-refractivity contribution in [3.8, 4) is 0 Å². The molecule has 0 bridgehead atoms. The van der Waals surface area contributed by atoms with Crippen LogP contribution in [0.25, 0.3) is 0 Å². The van der Waals surface area contributed by atoms with Gasteiger partial charge in [0, 0.05) is 12.2 Å². The molecular formula is C21H39ClN6O2. The number of nitrogens with zero attached hydrogens (tertiary/aromatic N) is 2. The van der Waals surface area contributed by atoms with Crippen LogP contribution in [-0.2, 0) is 30.7 Å². The van der Waals surface area contributed by atoms with Gasteiger partial charge in [-0.2, -0.15) is 10.2 Å². The van der Waals surface area contributed by atoms with Gasteiger partial charge < -0.3 is 15.8 Å². The van der Waals surface area contributed by atoms with Crippen molar-refractivity contribution < 1.29 is 9.53 Å². The van der Waals surface area contributed by atoms with Gasteiger partial charge in [-0.1, -0.05) is 27.7 Å². The van der Waals surface area contributed by atoms with Crippen molar-refractivity contribution in [2.24, 2.45) is 17.6 Å². The van der Waals surface area contributed by atoms with Gasteiger partial charge in [-0.05, 0) is 57.6 Å². The number of halogens is 1. The van der Waals surface area contributed by atoms with Crippen molar-refractivity contribution in [3.05, 3.63) is 34.9 Å². The van der Waals surface area contributed by atoms with E-state index in [-0.39, 0.29) is 12.4 Å². The zero-order valence-corrected chi connectivity index (χ0v) is 20.2. The van der Waals surface area contributed by atoms with Crippen LogP contribution >= 0.6 is 12.4 Å². The Morgan fingerprint density at radius 2 is 1.50 bits per heavy atom. The van der Waals surface area contributed by atoms with Gasteiger partial charge in [-0.3, -0.25) is 10.2 Å². The number of aromatic nitrogens is 4. The lowest BCUT2D eigenvalue weighted by Crippen LogP contribution is -2.32. The second-order valence-corrected chi connectivity index (χ2v) is 9.02. The van der Waals surface area contributed by atoms with Crippen molar-refractivity contribution in [1.82, 2.24) is 25.7 Å². The molecule has 0 unspecified atom stereocenters. The van der Waals surface area contributed by atoms with Crippen LogP contribution in [0.2, 0.25) is 0 Å². The summed E-state index contributed by atoms with van der Waals surface area (Å²) in [5.74, 6) is 1.23. The minimum atomic E-state index is -0.471. The van der Waals surface area contributed by atoms with Crippen molar-refractivity contribution >= 4 is 18.5 Å². The summed E-state index contributed by atoms with van der Waals surface area (Å²) in [4.78, 5) is 11.4. The zero-order chi connectivity index (χ0) is 22.0. The molecule has 0 fully saturated rings. The van der Waals surface area contributed by atoms with Crippen LogP contribution in [-0.4, -0.2) is 32.1 Å².